The molecular weight excluding hydrogens is 190 g/mol. The van der Waals surface area contributed by atoms with Crippen LogP contribution in [0, 0.1) is 0 Å². The molecule has 0 bridgehead atoms. The van der Waals surface area contributed by atoms with Gasteiger partial charge in [-0.25, -0.2) is 4.98 Å². The number of aromatic nitrogens is 1. The van der Waals surface area contributed by atoms with Gasteiger partial charge in [-0.2, -0.15) is 0 Å². The van der Waals surface area contributed by atoms with Crippen LogP contribution < -0.4 is 4.74 Å². The summed E-state index contributed by atoms with van der Waals surface area (Å²) in [4.78, 5) is 3.74. The van der Waals surface area contributed by atoms with Crippen LogP contribution in [-0.2, 0) is 0 Å². The third-order valence-electron chi connectivity index (χ3n) is 0.587. The monoisotopic (exact) mass is 194 g/mol. The Hall–Kier alpha value is -0.0900. The second-order valence-electron chi connectivity index (χ2n) is 1.07. The summed E-state index contributed by atoms with van der Waals surface area (Å²) in [7, 11) is 1.53. The van der Waals surface area contributed by atoms with E-state index in [9.17, 15) is 0 Å². The van der Waals surface area contributed by atoms with Gasteiger partial charge in [0.15, 0.2) is 0 Å². The van der Waals surface area contributed by atoms with Crippen LogP contribution in [-0.4, -0.2) is 12.1 Å². The Balaban J connectivity index is 2.98. The van der Waals surface area contributed by atoms with Gasteiger partial charge in [0, 0.05) is 0 Å². The number of methoxy groups -OCH3 is 1. The van der Waals surface area contributed by atoms with E-state index in [0.29, 0.717) is 8.98 Å². The molecule has 4 heteroatoms. The van der Waals surface area contributed by atoms with Crippen molar-refractivity contribution >= 4 is 27.3 Å². The largest absolute Gasteiger partial charge is 0.473 e. The molecule has 0 N–H and O–H groups in total. The molecular formula is C4H4BrNOS. The Kier molecular flexibility index (Phi) is 1.46. The Morgan fingerprint density at radius 2 is 2.88 bits per heavy atom. The topological polar surface area (TPSA) is 22.1 Å². The number of hydrogen-bond acceptors (Lipinski definition) is 3. The average Bonchev–Trinajstić information content (AvgIpc) is 2.13. The minimum absolute atomic E-state index is 0.233. The second-order valence-corrected chi connectivity index (χ2v) is 3.35. The highest BCUT2D eigenvalue weighted by Crippen LogP contribution is 2.24. The van der Waals surface area contributed by atoms with Crippen molar-refractivity contribution < 1.29 is 6.11 Å². The Morgan fingerprint density at radius 3 is 3.12 bits per heavy atom. The molecule has 1 aromatic rings. The molecule has 1 rings (SSSR count). The first-order valence-corrected chi connectivity index (χ1v) is 3.52. The van der Waals surface area contributed by atoms with Gasteiger partial charge in [0.05, 0.1) is 18.4 Å². The molecule has 0 radical (unpaired) electrons. The third-order valence-corrected chi connectivity index (χ3v) is 1.95. The molecule has 0 aliphatic carbocycles. The molecule has 0 saturated carbocycles. The molecule has 8 heavy (non-hydrogen) atoms. The maximum Gasteiger partial charge on any atom is 0.273 e. The van der Waals surface area contributed by atoms with Crippen LogP contribution in [0.25, 0.3) is 0 Å². The number of hydrogen-bond donors (Lipinski definition) is 0. The van der Waals surface area contributed by atoms with Gasteiger partial charge >= 0.3 is 0 Å². The van der Waals surface area contributed by atoms with Gasteiger partial charge in [0.2, 0.25) is 0 Å². The van der Waals surface area contributed by atoms with Gasteiger partial charge in [-0.15, -0.1) is 0 Å². The zero-order valence-corrected chi connectivity index (χ0v) is 6.54. The van der Waals surface area contributed by atoms with Crippen LogP contribution >= 0.6 is 27.3 Å². The lowest BCUT2D eigenvalue weighted by atomic mass is 11.0. The third kappa shape index (κ3) is 1.20. The van der Waals surface area contributed by atoms with Crippen molar-refractivity contribution in [2.45, 2.75) is 0 Å². The highest BCUT2D eigenvalue weighted by atomic mass is 79.9. The van der Waals surface area contributed by atoms with Crippen molar-refractivity contribution in [2.75, 3.05) is 7.11 Å². The van der Waals surface area contributed by atoms with Crippen LogP contribution in [0.4, 0.5) is 0 Å². The zero-order chi connectivity index (χ0) is 6.85. The minimum atomic E-state index is 0.233. The number of thiazole rings is 1. The molecule has 0 fully saturated rings. The molecule has 0 aromatic carbocycles. The van der Waals surface area contributed by atoms with E-state index in [1.165, 1.54) is 18.4 Å². The Labute approximate surface area is 61.0 Å². The summed E-state index contributed by atoms with van der Waals surface area (Å²) in [5.74, 6) is 0. The summed E-state index contributed by atoms with van der Waals surface area (Å²) in [6, 6.07) is 0. The number of nitrogens with zero attached hydrogens (tertiary/aromatic N) is 1. The minimum Gasteiger partial charge on any atom is -0.473 e. The van der Waals surface area contributed by atoms with Crippen molar-refractivity contribution in [1.82, 2.24) is 4.98 Å². The fraction of sp³-hybridized carbons (Fsp3) is 0.250. The normalized spacial score (nSPS) is 11.0. The van der Waals surface area contributed by atoms with Crippen LogP contribution in [0.5, 0.6) is 5.19 Å². The van der Waals surface area contributed by atoms with E-state index in [1.54, 1.807) is 0 Å². The summed E-state index contributed by atoms with van der Waals surface area (Å²) in [5.41, 5.74) is 0. The fourth-order valence-corrected chi connectivity index (χ4v) is 1.22. The first-order chi connectivity index (χ1) is 4.24. The molecule has 0 aliphatic rings. The van der Waals surface area contributed by atoms with Gasteiger partial charge in [0.25, 0.3) is 5.19 Å². The lowest BCUT2D eigenvalue weighted by Gasteiger charge is -1.84. The van der Waals surface area contributed by atoms with Crippen molar-refractivity contribution in [3.05, 3.63) is 9.96 Å². The Morgan fingerprint density at radius 1 is 2.12 bits per heavy atom. The fourth-order valence-electron chi connectivity index (χ4n) is 0.299. The summed E-state index contributed by atoms with van der Waals surface area (Å²) in [5, 5.41) is 0.520. The van der Waals surface area contributed by atoms with E-state index in [0.717, 1.165) is 0 Å². The van der Waals surface area contributed by atoms with Crippen molar-refractivity contribution in [1.29, 1.82) is 0 Å². The van der Waals surface area contributed by atoms with Crippen molar-refractivity contribution in [2.24, 2.45) is 0 Å². The molecule has 0 saturated heterocycles. The maximum absolute atomic E-state index is 7.12. The molecule has 0 amide bonds. The molecule has 1 aromatic heterocycles. The summed E-state index contributed by atoms with van der Waals surface area (Å²) >= 11 is 4.46. The molecule has 0 spiro atoms. The first-order valence-electron chi connectivity index (χ1n) is 2.41. The number of ether oxygens (including phenoxy) is 1. The first kappa shape index (κ1) is 4.76. The summed E-state index contributed by atoms with van der Waals surface area (Å²) in [6.07, 6.45) is 0.233. The van der Waals surface area contributed by atoms with E-state index in [4.69, 9.17) is 6.11 Å². The Bertz CT molecular complexity index is 195. The molecule has 44 valence electrons. The predicted molar refractivity (Wildman–Crippen MR) is 36.4 cm³/mol. The van der Waals surface area contributed by atoms with Crippen LogP contribution in [0.3, 0.4) is 0 Å². The van der Waals surface area contributed by atoms with E-state index in [2.05, 4.69) is 20.9 Å². The van der Waals surface area contributed by atoms with Crippen LogP contribution in [0.15, 0.2) is 9.96 Å². The number of rotatable bonds is 1. The van der Waals surface area contributed by atoms with E-state index < -0.39 is 0 Å². The molecule has 0 aliphatic heterocycles. The molecule has 1 heterocycles. The van der Waals surface area contributed by atoms with Crippen molar-refractivity contribution in [3.8, 4) is 5.19 Å². The maximum atomic E-state index is 7.12. The summed E-state index contributed by atoms with van der Waals surface area (Å²) in [6.45, 7) is 0. The highest BCUT2D eigenvalue weighted by molar-refractivity contribution is 9.11. The second kappa shape index (κ2) is 2.46. The van der Waals surface area contributed by atoms with Gasteiger partial charge in [-0.3, -0.25) is 0 Å². The van der Waals surface area contributed by atoms with Crippen LogP contribution in [0.1, 0.15) is 1.37 Å². The average molecular weight is 195 g/mol. The zero-order valence-electron chi connectivity index (χ0n) is 5.14. The van der Waals surface area contributed by atoms with Gasteiger partial charge in [-0.05, 0) is 15.9 Å². The standard InChI is InChI=1S/C4H4BrNOS/c1-7-4-6-2-3(5)8-4/h2H,1H3/i2D. The molecule has 2 nitrogen and oxygen atoms in total. The van der Waals surface area contributed by atoms with Crippen molar-refractivity contribution in [3.63, 3.8) is 0 Å². The van der Waals surface area contributed by atoms with E-state index in [1.807, 2.05) is 0 Å². The van der Waals surface area contributed by atoms with Gasteiger partial charge in [0.1, 0.15) is 0 Å². The number of halogens is 1. The smallest absolute Gasteiger partial charge is 0.273 e. The lowest BCUT2D eigenvalue weighted by Crippen LogP contribution is -1.76. The molecule has 0 unspecified atom stereocenters. The van der Waals surface area contributed by atoms with Crippen LogP contribution in [0.2, 0.25) is 0 Å². The SMILES string of the molecule is [2H]c1nc(OC)sc1Br. The summed E-state index contributed by atoms with van der Waals surface area (Å²) < 4.78 is 12.6. The quantitative estimate of drug-likeness (QED) is 0.682. The lowest BCUT2D eigenvalue weighted by molar-refractivity contribution is 0.412. The predicted octanol–water partition coefficient (Wildman–Crippen LogP) is 1.91. The highest BCUT2D eigenvalue weighted by Gasteiger charge is 1.94. The van der Waals surface area contributed by atoms with Gasteiger partial charge in [-0.1, -0.05) is 11.3 Å². The van der Waals surface area contributed by atoms with E-state index >= 15 is 0 Å². The van der Waals surface area contributed by atoms with E-state index in [-0.39, 0.29) is 6.17 Å². The molecule has 0 atom stereocenters. The van der Waals surface area contributed by atoms with Gasteiger partial charge < -0.3 is 4.74 Å².